The first-order chi connectivity index (χ1) is 12.0. The molecular formula is C19H26N4O2. The molecular weight excluding hydrogens is 316 g/mol. The molecule has 6 nitrogen and oxygen atoms in total. The van der Waals surface area contributed by atoms with Gasteiger partial charge in [-0.3, -0.25) is 4.79 Å². The second-order valence-electron chi connectivity index (χ2n) is 6.89. The molecule has 1 fully saturated rings. The number of carbonyl (C=O) groups is 1. The Kier molecular flexibility index (Phi) is 5.48. The molecule has 0 saturated carbocycles. The fraction of sp³-hybridized carbons (Fsp3) is 0.526. The molecule has 1 amide bonds. The average Bonchev–Trinajstić information content (AvgIpc) is 3.22. The summed E-state index contributed by atoms with van der Waals surface area (Å²) in [6, 6.07) is 10.8. The lowest BCUT2D eigenvalue weighted by molar-refractivity contribution is -0.131. The molecule has 3 rings (SSSR count). The third kappa shape index (κ3) is 4.45. The molecule has 2 heterocycles. The predicted octanol–water partition coefficient (Wildman–Crippen LogP) is 2.60. The fourth-order valence-corrected chi connectivity index (χ4v) is 3.56. The molecule has 2 atom stereocenters. The van der Waals surface area contributed by atoms with Crippen molar-refractivity contribution in [1.29, 1.82) is 0 Å². The summed E-state index contributed by atoms with van der Waals surface area (Å²) in [4.78, 5) is 20.7. The molecule has 1 saturated heterocycles. The first kappa shape index (κ1) is 17.6. The van der Waals surface area contributed by atoms with Crippen LogP contribution in [-0.2, 0) is 11.3 Å². The van der Waals surface area contributed by atoms with Crippen LogP contribution in [0.5, 0.6) is 0 Å². The van der Waals surface area contributed by atoms with Crippen molar-refractivity contribution in [3.05, 3.63) is 47.6 Å². The van der Waals surface area contributed by atoms with Gasteiger partial charge in [-0.1, -0.05) is 42.4 Å². The molecule has 1 aliphatic rings. The van der Waals surface area contributed by atoms with Gasteiger partial charge in [0.05, 0.1) is 6.54 Å². The van der Waals surface area contributed by atoms with Crippen molar-refractivity contribution >= 4 is 5.91 Å². The van der Waals surface area contributed by atoms with Gasteiger partial charge in [-0.2, -0.15) is 4.98 Å². The first-order valence-corrected chi connectivity index (χ1v) is 8.86. The topological polar surface area (TPSA) is 62.5 Å². The van der Waals surface area contributed by atoms with Crippen molar-refractivity contribution in [2.45, 2.75) is 45.7 Å². The van der Waals surface area contributed by atoms with Gasteiger partial charge in [0.1, 0.15) is 0 Å². The van der Waals surface area contributed by atoms with Crippen molar-refractivity contribution in [1.82, 2.24) is 19.9 Å². The van der Waals surface area contributed by atoms with Crippen LogP contribution in [0.4, 0.5) is 0 Å². The third-order valence-electron chi connectivity index (χ3n) is 4.87. The number of aromatic nitrogens is 2. The third-order valence-corrected chi connectivity index (χ3v) is 4.87. The van der Waals surface area contributed by atoms with E-state index in [9.17, 15) is 4.79 Å². The quantitative estimate of drug-likeness (QED) is 0.807. The smallest absolute Gasteiger partial charge is 0.223 e. The molecule has 2 aromatic rings. The molecule has 6 heteroatoms. The molecule has 0 spiro atoms. The minimum absolute atomic E-state index is 0.0606. The maximum atomic E-state index is 12.1. The summed E-state index contributed by atoms with van der Waals surface area (Å²) in [5.41, 5.74) is 1.36. The van der Waals surface area contributed by atoms with E-state index in [-0.39, 0.29) is 11.9 Å². The SMILES string of the molecule is CC(=O)N(Cc1noc(C)n1)[C@@H]1CCN(C[C@H](C)c2ccccc2)C1. The van der Waals surface area contributed by atoms with Crippen LogP contribution in [0.3, 0.4) is 0 Å². The Morgan fingerprint density at radius 1 is 1.40 bits per heavy atom. The molecule has 0 bridgehead atoms. The van der Waals surface area contributed by atoms with E-state index < -0.39 is 0 Å². The average molecular weight is 342 g/mol. The highest BCUT2D eigenvalue weighted by Gasteiger charge is 2.30. The summed E-state index contributed by atoms with van der Waals surface area (Å²) in [6.07, 6.45) is 0.984. The van der Waals surface area contributed by atoms with E-state index in [1.165, 1.54) is 5.56 Å². The van der Waals surface area contributed by atoms with Gasteiger partial charge in [0, 0.05) is 39.5 Å². The molecule has 1 aromatic heterocycles. The van der Waals surface area contributed by atoms with E-state index in [0.29, 0.717) is 24.2 Å². The number of benzene rings is 1. The van der Waals surface area contributed by atoms with E-state index in [0.717, 1.165) is 26.1 Å². The maximum absolute atomic E-state index is 12.1. The lowest BCUT2D eigenvalue weighted by Gasteiger charge is -2.27. The number of aryl methyl sites for hydroxylation is 1. The Bertz CT molecular complexity index is 700. The zero-order chi connectivity index (χ0) is 17.8. The Morgan fingerprint density at radius 3 is 2.80 bits per heavy atom. The van der Waals surface area contributed by atoms with Crippen molar-refractivity contribution in [2.24, 2.45) is 0 Å². The van der Waals surface area contributed by atoms with Crippen molar-refractivity contribution in [2.75, 3.05) is 19.6 Å². The Balaban J connectivity index is 1.59. The standard InChI is InChI=1S/C19H26N4O2/c1-14(17-7-5-4-6-8-17)11-22-10-9-18(12-22)23(16(3)24)13-19-20-15(2)25-21-19/h4-8,14,18H,9-13H2,1-3H3/t14-,18+/m0/s1. The zero-order valence-corrected chi connectivity index (χ0v) is 15.2. The lowest BCUT2D eigenvalue weighted by atomic mass is 10.0. The van der Waals surface area contributed by atoms with E-state index in [4.69, 9.17) is 4.52 Å². The second-order valence-corrected chi connectivity index (χ2v) is 6.89. The van der Waals surface area contributed by atoms with Crippen LogP contribution in [0.2, 0.25) is 0 Å². The summed E-state index contributed by atoms with van der Waals surface area (Å²) >= 11 is 0. The number of hydrogen-bond acceptors (Lipinski definition) is 5. The van der Waals surface area contributed by atoms with Crippen LogP contribution in [-0.4, -0.2) is 51.5 Å². The van der Waals surface area contributed by atoms with E-state index in [1.54, 1.807) is 13.8 Å². The zero-order valence-electron chi connectivity index (χ0n) is 15.2. The normalized spacial score (nSPS) is 19.1. The van der Waals surface area contributed by atoms with Gasteiger partial charge in [-0.05, 0) is 17.9 Å². The number of hydrogen-bond donors (Lipinski definition) is 0. The monoisotopic (exact) mass is 342 g/mol. The Labute approximate surface area is 148 Å². The number of rotatable bonds is 6. The fourth-order valence-electron chi connectivity index (χ4n) is 3.56. The van der Waals surface area contributed by atoms with Gasteiger partial charge in [-0.15, -0.1) is 0 Å². The summed E-state index contributed by atoms with van der Waals surface area (Å²) < 4.78 is 5.02. The number of amides is 1. The van der Waals surface area contributed by atoms with Crippen LogP contribution >= 0.6 is 0 Å². The number of nitrogens with zero attached hydrogens (tertiary/aromatic N) is 4. The molecule has 25 heavy (non-hydrogen) atoms. The van der Waals surface area contributed by atoms with Crippen molar-refractivity contribution in [3.63, 3.8) is 0 Å². The lowest BCUT2D eigenvalue weighted by Crippen LogP contribution is -2.40. The van der Waals surface area contributed by atoms with Crippen LogP contribution in [0.15, 0.2) is 34.9 Å². The van der Waals surface area contributed by atoms with Gasteiger partial charge < -0.3 is 14.3 Å². The highest BCUT2D eigenvalue weighted by molar-refractivity contribution is 5.73. The van der Waals surface area contributed by atoms with Crippen LogP contribution in [0.25, 0.3) is 0 Å². The van der Waals surface area contributed by atoms with Crippen LogP contribution in [0, 0.1) is 6.92 Å². The van der Waals surface area contributed by atoms with E-state index in [2.05, 4.69) is 46.2 Å². The minimum atomic E-state index is 0.0606. The second kappa shape index (κ2) is 7.78. The molecule has 134 valence electrons. The number of carbonyl (C=O) groups excluding carboxylic acids is 1. The van der Waals surface area contributed by atoms with Crippen LogP contribution in [0.1, 0.15) is 43.5 Å². The summed E-state index contributed by atoms with van der Waals surface area (Å²) in [5.74, 6) is 1.64. The molecule has 0 radical (unpaired) electrons. The minimum Gasteiger partial charge on any atom is -0.340 e. The van der Waals surface area contributed by atoms with Gasteiger partial charge >= 0.3 is 0 Å². The molecule has 1 aliphatic heterocycles. The molecule has 1 aromatic carbocycles. The van der Waals surface area contributed by atoms with E-state index >= 15 is 0 Å². The Hall–Kier alpha value is -2.21. The molecule has 0 unspecified atom stereocenters. The largest absolute Gasteiger partial charge is 0.340 e. The molecule has 0 N–H and O–H groups in total. The first-order valence-electron chi connectivity index (χ1n) is 8.86. The van der Waals surface area contributed by atoms with E-state index in [1.807, 2.05) is 11.0 Å². The highest BCUT2D eigenvalue weighted by atomic mass is 16.5. The highest BCUT2D eigenvalue weighted by Crippen LogP contribution is 2.22. The summed E-state index contributed by atoms with van der Waals surface area (Å²) in [7, 11) is 0. The predicted molar refractivity (Wildman–Crippen MR) is 95.0 cm³/mol. The Morgan fingerprint density at radius 2 is 2.16 bits per heavy atom. The van der Waals surface area contributed by atoms with Crippen LogP contribution < -0.4 is 0 Å². The summed E-state index contributed by atoms with van der Waals surface area (Å²) in [6.45, 7) is 8.96. The van der Waals surface area contributed by atoms with Crippen molar-refractivity contribution < 1.29 is 9.32 Å². The summed E-state index contributed by atoms with van der Waals surface area (Å²) in [5, 5.41) is 3.92. The van der Waals surface area contributed by atoms with Gasteiger partial charge in [0.25, 0.3) is 0 Å². The van der Waals surface area contributed by atoms with Gasteiger partial charge in [0.2, 0.25) is 11.8 Å². The number of likely N-dealkylation sites (tertiary alicyclic amines) is 1. The van der Waals surface area contributed by atoms with Crippen molar-refractivity contribution in [3.8, 4) is 0 Å². The van der Waals surface area contributed by atoms with Gasteiger partial charge in [-0.25, -0.2) is 0 Å². The van der Waals surface area contributed by atoms with Gasteiger partial charge in [0.15, 0.2) is 5.82 Å². The molecule has 0 aliphatic carbocycles. The maximum Gasteiger partial charge on any atom is 0.223 e.